The third-order valence-corrected chi connectivity index (χ3v) is 3.01. The number of rotatable bonds is 2. The average Bonchev–Trinajstić information content (AvgIpc) is 2.59. The molecule has 0 fully saturated rings. The maximum absolute atomic E-state index is 12.0. The van der Waals surface area contributed by atoms with Crippen LogP contribution in [0.4, 0.5) is 0 Å². The van der Waals surface area contributed by atoms with Gasteiger partial charge in [-0.15, -0.1) is 0 Å². The summed E-state index contributed by atoms with van der Waals surface area (Å²) in [5.41, 5.74) is 2.34. The van der Waals surface area contributed by atoms with E-state index in [1.165, 1.54) is 11.8 Å². The lowest BCUT2D eigenvalue weighted by molar-refractivity contribution is 0.634. The van der Waals surface area contributed by atoms with Gasteiger partial charge in [0, 0.05) is 12.2 Å². The number of nitrogens with zero attached hydrogens (tertiary/aromatic N) is 2. The quantitative estimate of drug-likeness (QED) is 0.623. The first-order valence-electron chi connectivity index (χ1n) is 4.81. The zero-order chi connectivity index (χ0) is 11.0. The minimum atomic E-state index is 0.0138. The molecule has 0 bridgehead atoms. The second-order valence-corrected chi connectivity index (χ2v) is 4.13. The zero-order valence-corrected chi connectivity index (χ0v) is 9.81. The number of hydrogen-bond donors (Lipinski definition) is 1. The van der Waals surface area contributed by atoms with Crippen molar-refractivity contribution in [3.8, 4) is 0 Å². The highest BCUT2D eigenvalue weighted by Gasteiger charge is 2.10. The molecule has 0 aliphatic heterocycles. The number of thioether (sulfide) groups is 1. The number of H-pyrrole nitrogens is 1. The van der Waals surface area contributed by atoms with Crippen LogP contribution < -0.4 is 5.56 Å². The SMILES string of the molecule is CCn1c(SC)nc2cc(C)[nH]c2c1=O. The fourth-order valence-corrected chi connectivity index (χ4v) is 2.27. The molecule has 15 heavy (non-hydrogen) atoms. The minimum absolute atomic E-state index is 0.0138. The summed E-state index contributed by atoms with van der Waals surface area (Å²) in [4.78, 5) is 19.5. The van der Waals surface area contributed by atoms with E-state index in [-0.39, 0.29) is 5.56 Å². The largest absolute Gasteiger partial charge is 0.353 e. The van der Waals surface area contributed by atoms with Crippen molar-refractivity contribution in [1.82, 2.24) is 14.5 Å². The average molecular weight is 223 g/mol. The Kier molecular flexibility index (Phi) is 2.56. The predicted octanol–water partition coefficient (Wildman–Crippen LogP) is 1.77. The van der Waals surface area contributed by atoms with Crippen molar-refractivity contribution < 1.29 is 0 Å². The molecule has 0 saturated heterocycles. The molecular weight excluding hydrogens is 210 g/mol. The molecule has 2 aromatic rings. The van der Waals surface area contributed by atoms with Crippen molar-refractivity contribution in [3.63, 3.8) is 0 Å². The van der Waals surface area contributed by atoms with Gasteiger partial charge in [0.05, 0.1) is 5.52 Å². The summed E-state index contributed by atoms with van der Waals surface area (Å²) < 4.78 is 1.68. The number of aromatic nitrogens is 3. The van der Waals surface area contributed by atoms with Crippen molar-refractivity contribution in [1.29, 1.82) is 0 Å². The third kappa shape index (κ3) is 1.56. The number of aryl methyl sites for hydroxylation is 1. The lowest BCUT2D eigenvalue weighted by Gasteiger charge is -2.06. The van der Waals surface area contributed by atoms with Gasteiger partial charge in [-0.3, -0.25) is 9.36 Å². The van der Waals surface area contributed by atoms with Crippen LogP contribution in [0.3, 0.4) is 0 Å². The van der Waals surface area contributed by atoms with E-state index in [0.717, 1.165) is 16.4 Å². The number of nitrogens with one attached hydrogen (secondary N) is 1. The Bertz CT molecular complexity index is 556. The Morgan fingerprint density at radius 1 is 1.60 bits per heavy atom. The summed E-state index contributed by atoms with van der Waals surface area (Å²) in [7, 11) is 0. The van der Waals surface area contributed by atoms with Gasteiger partial charge in [0.1, 0.15) is 5.52 Å². The van der Waals surface area contributed by atoms with Crippen LogP contribution in [0, 0.1) is 6.92 Å². The molecule has 0 aliphatic rings. The first kappa shape index (κ1) is 10.3. The molecule has 2 rings (SSSR count). The van der Waals surface area contributed by atoms with E-state index in [1.54, 1.807) is 4.57 Å². The van der Waals surface area contributed by atoms with Crippen molar-refractivity contribution >= 4 is 22.8 Å². The highest BCUT2D eigenvalue weighted by Crippen LogP contribution is 2.15. The number of hydrogen-bond acceptors (Lipinski definition) is 3. The second-order valence-electron chi connectivity index (χ2n) is 3.36. The van der Waals surface area contributed by atoms with Gasteiger partial charge in [-0.05, 0) is 26.2 Å². The molecule has 0 spiro atoms. The third-order valence-electron chi connectivity index (χ3n) is 2.34. The topological polar surface area (TPSA) is 50.7 Å². The molecule has 5 heteroatoms. The summed E-state index contributed by atoms with van der Waals surface area (Å²) in [5, 5.41) is 0.772. The van der Waals surface area contributed by atoms with Crippen LogP contribution >= 0.6 is 11.8 Å². The summed E-state index contributed by atoms with van der Waals surface area (Å²) in [6, 6.07) is 1.90. The second kappa shape index (κ2) is 3.73. The molecular formula is C10H13N3OS. The van der Waals surface area contributed by atoms with Crippen molar-refractivity contribution in [2.24, 2.45) is 0 Å². The summed E-state index contributed by atoms with van der Waals surface area (Å²) in [6.07, 6.45) is 1.93. The first-order valence-corrected chi connectivity index (χ1v) is 6.04. The molecule has 0 amide bonds. The van der Waals surface area contributed by atoms with Crippen LogP contribution in [0.2, 0.25) is 0 Å². The molecule has 0 radical (unpaired) electrons. The maximum atomic E-state index is 12.0. The Labute approximate surface area is 91.7 Å². The van der Waals surface area contributed by atoms with Gasteiger partial charge >= 0.3 is 0 Å². The molecule has 4 nitrogen and oxygen atoms in total. The Morgan fingerprint density at radius 3 is 2.93 bits per heavy atom. The molecule has 2 aromatic heterocycles. The van der Waals surface area contributed by atoms with Crippen LogP contribution in [0.25, 0.3) is 11.0 Å². The summed E-state index contributed by atoms with van der Waals surface area (Å²) in [5.74, 6) is 0. The van der Waals surface area contributed by atoms with Gasteiger partial charge in [-0.2, -0.15) is 0 Å². The number of aromatic amines is 1. The highest BCUT2D eigenvalue weighted by atomic mass is 32.2. The van der Waals surface area contributed by atoms with Crippen molar-refractivity contribution in [2.45, 2.75) is 25.5 Å². The van der Waals surface area contributed by atoms with E-state index in [2.05, 4.69) is 9.97 Å². The normalized spacial score (nSPS) is 11.1. The molecule has 0 saturated carbocycles. The van der Waals surface area contributed by atoms with E-state index < -0.39 is 0 Å². The van der Waals surface area contributed by atoms with E-state index in [1.807, 2.05) is 26.2 Å². The molecule has 0 aromatic carbocycles. The Balaban J connectivity index is 2.87. The van der Waals surface area contributed by atoms with Crippen LogP contribution in [0.1, 0.15) is 12.6 Å². The lowest BCUT2D eigenvalue weighted by Crippen LogP contribution is -2.22. The van der Waals surface area contributed by atoms with Crippen LogP contribution in [-0.4, -0.2) is 20.8 Å². The molecule has 0 aliphatic carbocycles. The van der Waals surface area contributed by atoms with E-state index in [4.69, 9.17) is 0 Å². The van der Waals surface area contributed by atoms with Crippen molar-refractivity contribution in [3.05, 3.63) is 22.1 Å². The Hall–Kier alpha value is -1.23. The predicted molar refractivity (Wildman–Crippen MR) is 62.5 cm³/mol. The maximum Gasteiger partial charge on any atom is 0.278 e. The monoisotopic (exact) mass is 223 g/mol. The number of fused-ring (bicyclic) bond motifs is 1. The minimum Gasteiger partial charge on any atom is -0.353 e. The van der Waals surface area contributed by atoms with E-state index >= 15 is 0 Å². The van der Waals surface area contributed by atoms with Gasteiger partial charge in [0.15, 0.2) is 5.16 Å². The fraction of sp³-hybridized carbons (Fsp3) is 0.400. The van der Waals surface area contributed by atoms with Gasteiger partial charge in [-0.1, -0.05) is 11.8 Å². The van der Waals surface area contributed by atoms with Crippen LogP contribution in [0.5, 0.6) is 0 Å². The van der Waals surface area contributed by atoms with E-state index in [9.17, 15) is 4.79 Å². The molecule has 0 unspecified atom stereocenters. The smallest absolute Gasteiger partial charge is 0.278 e. The van der Waals surface area contributed by atoms with Crippen molar-refractivity contribution in [2.75, 3.05) is 6.26 Å². The molecule has 2 heterocycles. The van der Waals surface area contributed by atoms with Crippen LogP contribution in [-0.2, 0) is 6.54 Å². The summed E-state index contributed by atoms with van der Waals surface area (Å²) in [6.45, 7) is 4.52. The Morgan fingerprint density at radius 2 is 2.33 bits per heavy atom. The summed E-state index contributed by atoms with van der Waals surface area (Å²) >= 11 is 1.50. The van der Waals surface area contributed by atoms with Gasteiger partial charge in [0.2, 0.25) is 0 Å². The van der Waals surface area contributed by atoms with Gasteiger partial charge in [0.25, 0.3) is 5.56 Å². The van der Waals surface area contributed by atoms with E-state index in [0.29, 0.717) is 12.1 Å². The molecule has 80 valence electrons. The highest BCUT2D eigenvalue weighted by molar-refractivity contribution is 7.98. The molecule has 0 atom stereocenters. The molecule has 1 N–H and O–H groups in total. The fourth-order valence-electron chi connectivity index (χ4n) is 1.65. The van der Waals surface area contributed by atoms with Gasteiger partial charge < -0.3 is 4.98 Å². The lowest BCUT2D eigenvalue weighted by atomic mass is 10.4. The zero-order valence-electron chi connectivity index (χ0n) is 9.00. The van der Waals surface area contributed by atoms with Crippen LogP contribution in [0.15, 0.2) is 16.0 Å². The first-order chi connectivity index (χ1) is 7.17. The standard InChI is InChI=1S/C10H13N3OS/c1-4-13-9(14)8-7(5-6(2)11-8)12-10(13)15-3/h5,11H,4H2,1-3H3. The van der Waals surface area contributed by atoms with Gasteiger partial charge in [-0.25, -0.2) is 4.98 Å².